The Kier molecular flexibility index (Phi) is 3.66. The van der Waals surface area contributed by atoms with Crippen molar-refractivity contribution < 1.29 is 14.3 Å². The minimum absolute atomic E-state index is 0.0490. The Labute approximate surface area is 77.0 Å². The fourth-order valence-electron chi connectivity index (χ4n) is 1.30. The van der Waals surface area contributed by atoms with Gasteiger partial charge in [-0.25, -0.2) is 4.79 Å². The number of halogens is 1. The van der Waals surface area contributed by atoms with Crippen molar-refractivity contribution in [1.29, 1.82) is 0 Å². The van der Waals surface area contributed by atoms with Gasteiger partial charge in [-0.15, -0.1) is 0 Å². The van der Waals surface area contributed by atoms with Crippen molar-refractivity contribution in [1.82, 2.24) is 0 Å². The summed E-state index contributed by atoms with van der Waals surface area (Å²) in [5.74, 6) is 0. The molecule has 3 nitrogen and oxygen atoms in total. The van der Waals surface area contributed by atoms with Crippen LogP contribution in [-0.2, 0) is 9.47 Å². The average molecular weight is 193 g/mol. The van der Waals surface area contributed by atoms with Crippen LogP contribution >= 0.6 is 11.6 Å². The first-order chi connectivity index (χ1) is 5.68. The summed E-state index contributed by atoms with van der Waals surface area (Å²) in [7, 11) is 0. The average Bonchev–Trinajstić information content (AvgIpc) is 2.37. The van der Waals surface area contributed by atoms with E-state index in [1.54, 1.807) is 6.92 Å². The highest BCUT2D eigenvalue weighted by Crippen LogP contribution is 2.21. The minimum atomic E-state index is -0.649. The second-order valence-electron chi connectivity index (χ2n) is 2.94. The third-order valence-corrected chi connectivity index (χ3v) is 1.91. The van der Waals surface area contributed by atoms with E-state index < -0.39 is 11.7 Å². The summed E-state index contributed by atoms with van der Waals surface area (Å²) in [6.45, 7) is 1.58. The van der Waals surface area contributed by atoms with Gasteiger partial charge in [0.05, 0.1) is 0 Å². The van der Waals surface area contributed by atoms with E-state index >= 15 is 0 Å². The van der Waals surface area contributed by atoms with Gasteiger partial charge in [-0.3, -0.25) is 0 Å². The van der Waals surface area contributed by atoms with Crippen LogP contribution < -0.4 is 0 Å². The van der Waals surface area contributed by atoms with E-state index in [4.69, 9.17) is 16.3 Å². The summed E-state index contributed by atoms with van der Waals surface area (Å²) in [6, 6.07) is 0. The first-order valence-electron chi connectivity index (χ1n) is 4.20. The van der Waals surface area contributed by atoms with E-state index in [9.17, 15) is 4.79 Å². The van der Waals surface area contributed by atoms with Crippen molar-refractivity contribution in [2.45, 2.75) is 44.3 Å². The Hall–Kier alpha value is -0.440. The molecule has 0 radical (unpaired) electrons. The molecule has 0 aromatic rings. The molecule has 0 saturated heterocycles. The molecule has 0 heterocycles. The molecule has 1 saturated carbocycles. The minimum Gasteiger partial charge on any atom is -0.431 e. The molecule has 0 spiro atoms. The Balaban J connectivity index is 2.16. The number of hydrogen-bond acceptors (Lipinski definition) is 3. The molecular weight excluding hydrogens is 180 g/mol. The van der Waals surface area contributed by atoms with Gasteiger partial charge in [0, 0.05) is 0 Å². The maximum absolute atomic E-state index is 10.9. The molecule has 1 rings (SSSR count). The molecule has 0 N–H and O–H groups in total. The van der Waals surface area contributed by atoms with Crippen molar-refractivity contribution in [2.75, 3.05) is 0 Å². The van der Waals surface area contributed by atoms with Crippen molar-refractivity contribution >= 4 is 17.8 Å². The number of alkyl halides is 1. The quantitative estimate of drug-likeness (QED) is 0.499. The normalized spacial score (nSPS) is 20.5. The smallest absolute Gasteiger partial charge is 0.431 e. The van der Waals surface area contributed by atoms with Gasteiger partial charge in [-0.1, -0.05) is 11.6 Å². The number of ether oxygens (including phenoxy) is 2. The van der Waals surface area contributed by atoms with Gasteiger partial charge < -0.3 is 9.47 Å². The second-order valence-corrected chi connectivity index (χ2v) is 3.55. The lowest BCUT2D eigenvalue weighted by Crippen LogP contribution is -2.17. The highest BCUT2D eigenvalue weighted by molar-refractivity contribution is 6.19. The SMILES string of the molecule is CC(Cl)OC(=O)OC1CCCC1. The van der Waals surface area contributed by atoms with Crippen LogP contribution in [0.25, 0.3) is 0 Å². The third-order valence-electron chi connectivity index (χ3n) is 1.82. The van der Waals surface area contributed by atoms with E-state index in [0.717, 1.165) is 25.7 Å². The van der Waals surface area contributed by atoms with Crippen LogP contribution in [0.1, 0.15) is 32.6 Å². The van der Waals surface area contributed by atoms with E-state index in [0.29, 0.717) is 0 Å². The topological polar surface area (TPSA) is 35.5 Å². The summed E-state index contributed by atoms with van der Waals surface area (Å²) in [5, 5.41) is 0. The standard InChI is InChI=1S/C8H13ClO3/c1-6(9)11-8(10)12-7-4-2-3-5-7/h6-7H,2-5H2,1H3. The molecular formula is C8H13ClO3. The van der Waals surface area contributed by atoms with Crippen LogP contribution in [0, 0.1) is 0 Å². The van der Waals surface area contributed by atoms with Crippen LogP contribution in [-0.4, -0.2) is 17.8 Å². The number of carbonyl (C=O) groups excluding carboxylic acids is 1. The highest BCUT2D eigenvalue weighted by Gasteiger charge is 2.20. The Morgan fingerprint density at radius 1 is 1.50 bits per heavy atom. The van der Waals surface area contributed by atoms with Gasteiger partial charge in [0.1, 0.15) is 6.10 Å². The fraction of sp³-hybridized carbons (Fsp3) is 0.875. The first-order valence-corrected chi connectivity index (χ1v) is 4.63. The molecule has 1 fully saturated rings. The predicted molar refractivity (Wildman–Crippen MR) is 45.1 cm³/mol. The molecule has 0 aromatic carbocycles. The Morgan fingerprint density at radius 2 is 2.08 bits per heavy atom. The van der Waals surface area contributed by atoms with E-state index in [1.165, 1.54) is 0 Å². The van der Waals surface area contributed by atoms with Gasteiger partial charge in [0.25, 0.3) is 0 Å². The summed E-state index contributed by atoms with van der Waals surface area (Å²) < 4.78 is 9.59. The molecule has 70 valence electrons. The highest BCUT2D eigenvalue weighted by atomic mass is 35.5. The lowest BCUT2D eigenvalue weighted by atomic mass is 10.3. The van der Waals surface area contributed by atoms with Crippen LogP contribution in [0.4, 0.5) is 4.79 Å². The van der Waals surface area contributed by atoms with Crippen LogP contribution in [0.15, 0.2) is 0 Å². The third kappa shape index (κ3) is 3.30. The molecule has 1 aliphatic rings. The molecule has 12 heavy (non-hydrogen) atoms. The largest absolute Gasteiger partial charge is 0.510 e. The summed E-state index contributed by atoms with van der Waals surface area (Å²) in [5.41, 5.74) is -0.612. The predicted octanol–water partition coefficient (Wildman–Crippen LogP) is 2.67. The monoisotopic (exact) mass is 192 g/mol. The molecule has 0 aromatic heterocycles. The van der Waals surface area contributed by atoms with Crippen LogP contribution in [0.2, 0.25) is 0 Å². The van der Waals surface area contributed by atoms with Gasteiger partial charge in [-0.2, -0.15) is 0 Å². The van der Waals surface area contributed by atoms with Crippen molar-refractivity contribution in [3.63, 3.8) is 0 Å². The Bertz CT molecular complexity index is 152. The van der Waals surface area contributed by atoms with E-state index in [2.05, 4.69) is 4.74 Å². The Morgan fingerprint density at radius 3 is 2.58 bits per heavy atom. The first kappa shape index (κ1) is 9.65. The zero-order valence-corrected chi connectivity index (χ0v) is 7.84. The molecule has 1 atom stereocenters. The molecule has 0 aliphatic heterocycles. The van der Waals surface area contributed by atoms with Gasteiger partial charge >= 0.3 is 6.16 Å². The van der Waals surface area contributed by atoms with Crippen molar-refractivity contribution in [2.24, 2.45) is 0 Å². The van der Waals surface area contributed by atoms with Gasteiger partial charge in [0.15, 0.2) is 5.56 Å². The van der Waals surface area contributed by atoms with Crippen LogP contribution in [0.5, 0.6) is 0 Å². The van der Waals surface area contributed by atoms with E-state index in [1.807, 2.05) is 0 Å². The van der Waals surface area contributed by atoms with Gasteiger partial charge in [0.2, 0.25) is 0 Å². The number of hydrogen-bond donors (Lipinski definition) is 0. The number of rotatable bonds is 2. The molecule has 4 heteroatoms. The fourth-order valence-corrected chi connectivity index (χ4v) is 1.38. The molecule has 1 unspecified atom stereocenters. The maximum atomic E-state index is 10.9. The summed E-state index contributed by atoms with van der Waals surface area (Å²) in [6.07, 6.45) is 3.57. The summed E-state index contributed by atoms with van der Waals surface area (Å²) in [4.78, 5) is 10.9. The van der Waals surface area contributed by atoms with Crippen molar-refractivity contribution in [3.8, 4) is 0 Å². The van der Waals surface area contributed by atoms with Gasteiger partial charge in [-0.05, 0) is 32.6 Å². The molecule has 1 aliphatic carbocycles. The van der Waals surface area contributed by atoms with Crippen LogP contribution in [0.3, 0.4) is 0 Å². The lowest BCUT2D eigenvalue weighted by Gasteiger charge is -2.11. The number of carbonyl (C=O) groups is 1. The maximum Gasteiger partial charge on any atom is 0.510 e. The van der Waals surface area contributed by atoms with Crippen molar-refractivity contribution in [3.05, 3.63) is 0 Å². The zero-order valence-electron chi connectivity index (χ0n) is 7.09. The lowest BCUT2D eigenvalue weighted by molar-refractivity contribution is 0.0212. The second kappa shape index (κ2) is 4.55. The zero-order chi connectivity index (χ0) is 8.97. The summed E-state index contributed by atoms with van der Waals surface area (Å²) >= 11 is 5.44. The molecule has 0 bridgehead atoms. The molecule has 0 amide bonds. The van der Waals surface area contributed by atoms with E-state index in [-0.39, 0.29) is 6.10 Å².